The first-order chi connectivity index (χ1) is 13.4. The minimum Gasteiger partial charge on any atom is -0.473 e. The zero-order valence-corrected chi connectivity index (χ0v) is 16.7. The molecule has 0 aliphatic heterocycles. The number of hydrogen-bond acceptors (Lipinski definition) is 4. The van der Waals surface area contributed by atoms with Crippen molar-refractivity contribution in [3.05, 3.63) is 56.9 Å². The fourth-order valence-electron chi connectivity index (χ4n) is 3.31. The van der Waals surface area contributed by atoms with Gasteiger partial charge in [0.1, 0.15) is 12.4 Å². The number of nitrogens with zero attached hydrogens (tertiary/aromatic N) is 1. The van der Waals surface area contributed by atoms with Crippen molar-refractivity contribution < 1.29 is 27.4 Å². The monoisotopic (exact) mass is 457 g/mol. The first-order valence-electron chi connectivity index (χ1n) is 8.87. The topological polar surface area (TPSA) is 48.4 Å². The van der Waals surface area contributed by atoms with Crippen molar-refractivity contribution in [1.82, 2.24) is 4.98 Å². The molecule has 2 unspecified atom stereocenters. The molecule has 1 aromatic carbocycles. The first kappa shape index (κ1) is 20.6. The van der Waals surface area contributed by atoms with Crippen molar-refractivity contribution in [2.24, 2.45) is 5.92 Å². The minimum absolute atomic E-state index is 0.0490. The number of alkyl halides is 2. The molecule has 4 nitrogen and oxygen atoms in total. The number of carbonyl (C=O) groups is 1. The summed E-state index contributed by atoms with van der Waals surface area (Å²) in [7, 11) is 0. The van der Waals surface area contributed by atoms with Gasteiger partial charge in [0, 0.05) is 27.9 Å². The molecule has 0 N–H and O–H groups in total. The Labute approximate surface area is 169 Å². The molecule has 4 rings (SSSR count). The highest BCUT2D eigenvalue weighted by molar-refractivity contribution is 9.10. The maximum atomic E-state index is 13.9. The first-order valence-corrected chi connectivity index (χ1v) is 9.66. The lowest BCUT2D eigenvalue weighted by Crippen LogP contribution is -2.02. The third-order valence-corrected chi connectivity index (χ3v) is 5.50. The van der Waals surface area contributed by atoms with Gasteiger partial charge in [-0.05, 0) is 54.9 Å². The van der Waals surface area contributed by atoms with Crippen LogP contribution in [0.5, 0.6) is 5.88 Å². The van der Waals surface area contributed by atoms with Gasteiger partial charge in [0.2, 0.25) is 5.88 Å². The Morgan fingerprint density at radius 1 is 1.36 bits per heavy atom. The Bertz CT molecular complexity index is 863. The number of hydrogen-bond donors (Lipinski definition) is 0. The van der Waals surface area contributed by atoms with Crippen molar-refractivity contribution in [3.63, 3.8) is 0 Å². The third kappa shape index (κ3) is 4.66. The molecule has 150 valence electrons. The van der Waals surface area contributed by atoms with E-state index in [0.29, 0.717) is 24.9 Å². The zero-order valence-electron chi connectivity index (χ0n) is 15.1. The molecule has 2 atom stereocenters. The molecule has 8 heteroatoms. The molecule has 1 aromatic heterocycles. The van der Waals surface area contributed by atoms with Gasteiger partial charge in [-0.25, -0.2) is 18.2 Å². The predicted molar refractivity (Wildman–Crippen MR) is 99.9 cm³/mol. The van der Waals surface area contributed by atoms with Gasteiger partial charge in [-0.1, -0.05) is 15.9 Å². The molecule has 1 saturated carbocycles. The lowest BCUT2D eigenvalue weighted by Gasteiger charge is -2.11. The number of halogens is 4. The molecule has 0 saturated heterocycles. The minimum atomic E-state index is -2.72. The zero-order chi connectivity index (χ0) is 20.3. The van der Waals surface area contributed by atoms with Gasteiger partial charge >= 0.3 is 0 Å². The SMILES string of the molecule is CCOC=O.Fc1cc(C(F)F)c(Br)cc1COc1cc2c(cn1)C1CC1C2. The van der Waals surface area contributed by atoms with Crippen LogP contribution in [0.1, 0.15) is 47.9 Å². The molecule has 0 radical (unpaired) electrons. The number of ether oxygens (including phenoxy) is 2. The normalized spacial score (nSPS) is 18.6. The molecule has 0 spiro atoms. The van der Waals surface area contributed by atoms with Crippen LogP contribution in [-0.2, 0) is 22.6 Å². The van der Waals surface area contributed by atoms with Gasteiger partial charge in [0.05, 0.1) is 6.61 Å². The molecule has 2 aromatic rings. The van der Waals surface area contributed by atoms with E-state index in [1.54, 1.807) is 6.92 Å². The van der Waals surface area contributed by atoms with Gasteiger partial charge in [0.15, 0.2) is 0 Å². The van der Waals surface area contributed by atoms with E-state index in [1.807, 2.05) is 12.3 Å². The average Bonchev–Trinajstić information content (AvgIpc) is 3.34. The molecule has 2 aliphatic rings. The third-order valence-electron chi connectivity index (χ3n) is 4.81. The summed E-state index contributed by atoms with van der Waals surface area (Å²) in [4.78, 5) is 13.4. The van der Waals surface area contributed by atoms with Crippen molar-refractivity contribution in [3.8, 4) is 5.88 Å². The number of fused-ring (bicyclic) bond motifs is 3. The lowest BCUT2D eigenvalue weighted by molar-refractivity contribution is -0.128. The van der Waals surface area contributed by atoms with Gasteiger partial charge in [-0.15, -0.1) is 0 Å². The van der Waals surface area contributed by atoms with Crippen molar-refractivity contribution >= 4 is 22.4 Å². The van der Waals surface area contributed by atoms with Crippen molar-refractivity contribution in [1.29, 1.82) is 0 Å². The van der Waals surface area contributed by atoms with Crippen LogP contribution in [0.15, 0.2) is 28.9 Å². The summed E-state index contributed by atoms with van der Waals surface area (Å²) >= 11 is 3.04. The quantitative estimate of drug-likeness (QED) is 0.549. The predicted octanol–water partition coefficient (Wildman–Crippen LogP) is 5.34. The summed E-state index contributed by atoms with van der Waals surface area (Å²) in [6, 6.07) is 4.08. The van der Waals surface area contributed by atoms with E-state index in [2.05, 4.69) is 25.7 Å². The fraction of sp³-hybridized carbons (Fsp3) is 0.400. The highest BCUT2D eigenvalue weighted by Gasteiger charge is 2.45. The van der Waals surface area contributed by atoms with E-state index in [0.717, 1.165) is 18.4 Å². The second-order valence-corrected chi connectivity index (χ2v) is 7.49. The standard InChI is InChI=1S/C17H13BrF3NO.C3H6O2/c18-14-3-10(15(19)5-12(14)17(20)21)7-23-16-4-9-1-8-2-11(8)13(9)6-22-16;1-2-5-3-4/h3-6,8,11,17H,1-2,7H2;3H,2H2,1H3. The summed E-state index contributed by atoms with van der Waals surface area (Å²) in [5, 5.41) is 0. The maximum Gasteiger partial charge on any atom is 0.293 e. The number of rotatable bonds is 6. The molecule has 28 heavy (non-hydrogen) atoms. The fourth-order valence-corrected chi connectivity index (χ4v) is 3.88. The van der Waals surface area contributed by atoms with Crippen LogP contribution in [0.25, 0.3) is 0 Å². The van der Waals surface area contributed by atoms with E-state index in [-0.39, 0.29) is 22.2 Å². The smallest absolute Gasteiger partial charge is 0.293 e. The summed E-state index contributed by atoms with van der Waals surface area (Å²) in [5.74, 6) is 1.17. The van der Waals surface area contributed by atoms with E-state index < -0.39 is 12.2 Å². The van der Waals surface area contributed by atoms with E-state index in [1.165, 1.54) is 23.6 Å². The summed E-state index contributed by atoms with van der Waals surface area (Å²) < 4.78 is 49.2. The van der Waals surface area contributed by atoms with Gasteiger partial charge < -0.3 is 9.47 Å². The van der Waals surface area contributed by atoms with Crippen LogP contribution < -0.4 is 4.74 Å². The highest BCUT2D eigenvalue weighted by Crippen LogP contribution is 2.56. The Morgan fingerprint density at radius 3 is 2.79 bits per heavy atom. The molecular formula is C20H19BrF3NO3. The molecule has 0 amide bonds. The molecule has 0 bridgehead atoms. The highest BCUT2D eigenvalue weighted by atomic mass is 79.9. The Balaban J connectivity index is 0.000000403. The largest absolute Gasteiger partial charge is 0.473 e. The Hall–Kier alpha value is -2.09. The van der Waals surface area contributed by atoms with Crippen LogP contribution in [-0.4, -0.2) is 18.1 Å². The van der Waals surface area contributed by atoms with Gasteiger partial charge in [-0.2, -0.15) is 0 Å². The molecule has 2 aliphatic carbocycles. The summed E-state index contributed by atoms with van der Waals surface area (Å²) in [5.41, 5.74) is 2.41. The van der Waals surface area contributed by atoms with Crippen LogP contribution in [0, 0.1) is 11.7 Å². The van der Waals surface area contributed by atoms with Crippen molar-refractivity contribution in [2.45, 2.75) is 38.7 Å². The number of aromatic nitrogens is 1. The van der Waals surface area contributed by atoms with Crippen LogP contribution in [0.2, 0.25) is 0 Å². The van der Waals surface area contributed by atoms with E-state index in [9.17, 15) is 18.0 Å². The lowest BCUT2D eigenvalue weighted by atomic mass is 10.1. The second kappa shape index (κ2) is 8.94. The second-order valence-electron chi connectivity index (χ2n) is 6.63. The Morgan fingerprint density at radius 2 is 2.14 bits per heavy atom. The van der Waals surface area contributed by atoms with Crippen LogP contribution in [0.3, 0.4) is 0 Å². The van der Waals surface area contributed by atoms with Crippen LogP contribution in [0.4, 0.5) is 13.2 Å². The average molecular weight is 458 g/mol. The van der Waals surface area contributed by atoms with Gasteiger partial charge in [0.25, 0.3) is 12.9 Å². The van der Waals surface area contributed by atoms with Crippen molar-refractivity contribution in [2.75, 3.05) is 6.61 Å². The van der Waals surface area contributed by atoms with E-state index >= 15 is 0 Å². The number of benzene rings is 1. The Kier molecular flexibility index (Phi) is 6.59. The maximum absolute atomic E-state index is 13.9. The van der Waals surface area contributed by atoms with E-state index in [4.69, 9.17) is 4.74 Å². The summed E-state index contributed by atoms with van der Waals surface area (Å²) in [6.45, 7) is 2.62. The molecule has 1 fully saturated rings. The number of carbonyl (C=O) groups excluding carboxylic acids is 1. The molecule has 1 heterocycles. The molecular weight excluding hydrogens is 439 g/mol. The van der Waals surface area contributed by atoms with Gasteiger partial charge in [-0.3, -0.25) is 4.79 Å². The van der Waals surface area contributed by atoms with Crippen LogP contribution >= 0.6 is 15.9 Å². The summed E-state index contributed by atoms with van der Waals surface area (Å²) in [6.07, 6.45) is 1.43. The number of pyridine rings is 1.